The highest BCUT2D eigenvalue weighted by Crippen LogP contribution is 2.56. The summed E-state index contributed by atoms with van der Waals surface area (Å²) in [5, 5.41) is 0. The Hall–Kier alpha value is -3.68. The van der Waals surface area contributed by atoms with Gasteiger partial charge in [-0.25, -0.2) is 9.97 Å². The van der Waals surface area contributed by atoms with E-state index >= 15 is 0 Å². The Balaban J connectivity index is 1.22. The lowest BCUT2D eigenvalue weighted by atomic mass is 9.51. The number of fused-ring (bicyclic) bond motifs is 6. The summed E-state index contributed by atoms with van der Waals surface area (Å²) in [4.78, 5) is 45.8. The van der Waals surface area contributed by atoms with Gasteiger partial charge in [0.2, 0.25) is 5.91 Å². The Bertz CT molecular complexity index is 1620. The van der Waals surface area contributed by atoms with Gasteiger partial charge in [0.05, 0.1) is 28.4 Å². The van der Waals surface area contributed by atoms with Crippen LogP contribution in [0.5, 0.6) is 0 Å². The topological polar surface area (TPSA) is 98.0 Å². The Labute approximate surface area is 228 Å². The number of imidazole rings is 2. The van der Waals surface area contributed by atoms with Crippen molar-refractivity contribution in [2.75, 3.05) is 19.6 Å². The molecule has 2 atom stereocenters. The van der Waals surface area contributed by atoms with Crippen LogP contribution in [0.3, 0.4) is 0 Å². The van der Waals surface area contributed by atoms with Crippen LogP contribution in [0.25, 0.3) is 22.1 Å². The quantitative estimate of drug-likeness (QED) is 0.389. The van der Waals surface area contributed by atoms with Gasteiger partial charge in [0.25, 0.3) is 5.91 Å². The van der Waals surface area contributed by atoms with E-state index in [-0.39, 0.29) is 28.7 Å². The van der Waals surface area contributed by atoms with E-state index in [1.807, 2.05) is 23.1 Å². The van der Waals surface area contributed by atoms with Crippen LogP contribution in [0.1, 0.15) is 80.2 Å². The summed E-state index contributed by atoms with van der Waals surface area (Å²) in [6.45, 7) is 11.0. The number of amides is 2. The van der Waals surface area contributed by atoms with Crippen LogP contribution >= 0.6 is 0 Å². The standard InChI is InChI=1S/C31H36N6O2/c1-18(38)36-10-7-19(8-11-36)28-34-25-14-21-15-27-30(2,3)31(4,22(21)16-26(25)35-28)9-12-37(27)29(39)20-5-6-23-24(13-20)33-17-32-23/h5-6,13-14,16-17,19,27H,7-12,15H2,1-4H3,(H,32,33)(H,34,35)/t27-,31+/m1/s1. The highest BCUT2D eigenvalue weighted by atomic mass is 16.2. The van der Waals surface area contributed by atoms with Gasteiger partial charge in [-0.05, 0) is 72.6 Å². The Morgan fingerprint density at radius 1 is 1.00 bits per heavy atom. The zero-order chi connectivity index (χ0) is 27.1. The molecule has 4 aromatic rings. The van der Waals surface area contributed by atoms with Crippen molar-refractivity contribution >= 4 is 33.9 Å². The highest BCUT2D eigenvalue weighted by Gasteiger charge is 2.57. The second kappa shape index (κ2) is 8.41. The zero-order valence-corrected chi connectivity index (χ0v) is 23.2. The molecule has 3 aliphatic rings. The summed E-state index contributed by atoms with van der Waals surface area (Å²) in [5.41, 5.74) is 7.12. The summed E-state index contributed by atoms with van der Waals surface area (Å²) in [7, 11) is 0. The largest absolute Gasteiger partial charge is 0.345 e. The molecule has 2 aliphatic heterocycles. The van der Waals surface area contributed by atoms with Gasteiger partial charge in [0.15, 0.2) is 0 Å². The Kier molecular flexibility index (Phi) is 5.25. The maximum atomic E-state index is 13.9. The number of benzene rings is 2. The minimum atomic E-state index is -0.0952. The molecule has 8 heteroatoms. The smallest absolute Gasteiger partial charge is 0.254 e. The zero-order valence-electron chi connectivity index (χ0n) is 23.2. The molecule has 2 amide bonds. The second-order valence-corrected chi connectivity index (χ2v) is 12.6. The third-order valence-electron chi connectivity index (χ3n) is 10.5. The van der Waals surface area contributed by atoms with Gasteiger partial charge in [-0.2, -0.15) is 0 Å². The third-order valence-corrected chi connectivity index (χ3v) is 10.5. The van der Waals surface area contributed by atoms with E-state index in [4.69, 9.17) is 4.98 Å². The van der Waals surface area contributed by atoms with E-state index in [9.17, 15) is 9.59 Å². The molecule has 2 fully saturated rings. The molecule has 2 aromatic heterocycles. The fraction of sp³-hybridized carbons (Fsp3) is 0.484. The molecule has 1 aliphatic carbocycles. The molecule has 0 unspecified atom stereocenters. The fourth-order valence-corrected chi connectivity index (χ4v) is 7.58. The number of aromatic nitrogens is 4. The normalized spacial score (nSPS) is 24.8. The van der Waals surface area contributed by atoms with Crippen molar-refractivity contribution < 1.29 is 9.59 Å². The number of nitrogens with zero attached hydrogens (tertiary/aromatic N) is 4. The predicted molar refractivity (Wildman–Crippen MR) is 151 cm³/mol. The molecule has 0 radical (unpaired) electrons. The second-order valence-electron chi connectivity index (χ2n) is 12.6. The number of carbonyl (C=O) groups is 2. The first-order valence-electron chi connectivity index (χ1n) is 14.2. The molecular formula is C31H36N6O2. The molecule has 4 heterocycles. The summed E-state index contributed by atoms with van der Waals surface area (Å²) in [6.07, 6.45) is 5.28. The average molecular weight is 525 g/mol. The van der Waals surface area contributed by atoms with Gasteiger partial charge in [0, 0.05) is 49.5 Å². The van der Waals surface area contributed by atoms with Crippen LogP contribution in [0.4, 0.5) is 0 Å². The monoisotopic (exact) mass is 524 g/mol. The van der Waals surface area contributed by atoms with E-state index in [0.717, 1.165) is 73.2 Å². The number of carbonyl (C=O) groups excluding carboxylic acids is 2. The van der Waals surface area contributed by atoms with Crippen molar-refractivity contribution in [1.29, 1.82) is 0 Å². The van der Waals surface area contributed by atoms with Gasteiger partial charge in [-0.1, -0.05) is 20.8 Å². The molecule has 39 heavy (non-hydrogen) atoms. The van der Waals surface area contributed by atoms with Crippen LogP contribution in [-0.2, 0) is 16.6 Å². The number of hydrogen-bond acceptors (Lipinski definition) is 4. The summed E-state index contributed by atoms with van der Waals surface area (Å²) >= 11 is 0. The van der Waals surface area contributed by atoms with E-state index in [1.165, 1.54) is 11.1 Å². The summed E-state index contributed by atoms with van der Waals surface area (Å²) < 4.78 is 0. The predicted octanol–water partition coefficient (Wildman–Crippen LogP) is 4.92. The van der Waals surface area contributed by atoms with Crippen molar-refractivity contribution in [3.63, 3.8) is 0 Å². The molecule has 0 spiro atoms. The number of H-pyrrole nitrogens is 2. The fourth-order valence-electron chi connectivity index (χ4n) is 7.58. The van der Waals surface area contributed by atoms with Gasteiger partial charge in [0.1, 0.15) is 5.82 Å². The van der Waals surface area contributed by atoms with E-state index in [1.54, 1.807) is 13.3 Å². The lowest BCUT2D eigenvalue weighted by Crippen LogP contribution is -2.64. The van der Waals surface area contributed by atoms with Crippen molar-refractivity contribution in [3.8, 4) is 0 Å². The van der Waals surface area contributed by atoms with Gasteiger partial charge in [-0.15, -0.1) is 0 Å². The number of hydrogen-bond donors (Lipinski definition) is 2. The van der Waals surface area contributed by atoms with Gasteiger partial charge < -0.3 is 19.8 Å². The first-order chi connectivity index (χ1) is 18.7. The molecule has 7 rings (SSSR count). The number of piperidine rings is 2. The van der Waals surface area contributed by atoms with E-state index in [0.29, 0.717) is 11.5 Å². The molecule has 2 bridgehead atoms. The number of nitrogens with one attached hydrogen (secondary N) is 2. The van der Waals surface area contributed by atoms with Crippen molar-refractivity contribution in [1.82, 2.24) is 29.7 Å². The minimum Gasteiger partial charge on any atom is -0.345 e. The molecule has 2 N–H and O–H groups in total. The van der Waals surface area contributed by atoms with Gasteiger partial charge in [-0.3, -0.25) is 9.59 Å². The lowest BCUT2D eigenvalue weighted by molar-refractivity contribution is -0.129. The molecule has 2 aromatic carbocycles. The highest BCUT2D eigenvalue weighted by molar-refractivity contribution is 5.97. The van der Waals surface area contributed by atoms with Crippen molar-refractivity contribution in [2.24, 2.45) is 5.41 Å². The Morgan fingerprint density at radius 3 is 2.56 bits per heavy atom. The van der Waals surface area contributed by atoms with Crippen LogP contribution in [-0.4, -0.2) is 67.2 Å². The summed E-state index contributed by atoms with van der Waals surface area (Å²) in [5.74, 6) is 1.63. The van der Waals surface area contributed by atoms with E-state index < -0.39 is 0 Å². The SMILES string of the molecule is CC(=O)N1CCC(c2nc3cc4c(cc3[nH]2)[C@]2(C)CCN(C(=O)c3ccc5nc[nH]c5c3)[C@H](C4)C2(C)C)CC1. The molecular weight excluding hydrogens is 488 g/mol. The van der Waals surface area contributed by atoms with Crippen molar-refractivity contribution in [2.45, 2.75) is 70.8 Å². The first-order valence-corrected chi connectivity index (χ1v) is 14.2. The molecule has 202 valence electrons. The van der Waals surface area contributed by atoms with Gasteiger partial charge >= 0.3 is 0 Å². The number of aromatic amines is 2. The van der Waals surface area contributed by atoms with E-state index in [2.05, 4.69) is 52.8 Å². The molecule has 8 nitrogen and oxygen atoms in total. The average Bonchev–Trinajstić information content (AvgIpc) is 3.56. The minimum absolute atomic E-state index is 0.0539. The maximum Gasteiger partial charge on any atom is 0.254 e. The van der Waals surface area contributed by atoms with Crippen molar-refractivity contribution in [3.05, 3.63) is 59.2 Å². The lowest BCUT2D eigenvalue weighted by Gasteiger charge is -2.60. The maximum absolute atomic E-state index is 13.9. The van der Waals surface area contributed by atoms with Crippen LogP contribution < -0.4 is 0 Å². The molecule has 0 saturated carbocycles. The number of rotatable bonds is 2. The third kappa shape index (κ3) is 3.56. The number of likely N-dealkylation sites (tertiary alicyclic amines) is 2. The van der Waals surface area contributed by atoms with Crippen LogP contribution in [0, 0.1) is 5.41 Å². The first kappa shape index (κ1) is 24.4. The van der Waals surface area contributed by atoms with Crippen LogP contribution in [0.2, 0.25) is 0 Å². The summed E-state index contributed by atoms with van der Waals surface area (Å²) in [6, 6.07) is 10.5. The van der Waals surface area contributed by atoms with Crippen LogP contribution in [0.15, 0.2) is 36.7 Å². The Morgan fingerprint density at radius 2 is 1.79 bits per heavy atom. The molecule has 2 saturated heterocycles.